The van der Waals surface area contributed by atoms with Crippen LogP contribution in [0.15, 0.2) is 30.3 Å². The molecule has 0 heterocycles. The number of carbonyl (C=O) groups excluding carboxylic acids is 2. The van der Waals surface area contributed by atoms with Gasteiger partial charge >= 0.3 is 5.97 Å². The summed E-state index contributed by atoms with van der Waals surface area (Å²) in [5.74, 6) is -0.406. The lowest BCUT2D eigenvalue weighted by Gasteiger charge is -2.02. The third-order valence-corrected chi connectivity index (χ3v) is 1.72. The first-order chi connectivity index (χ1) is 6.79. The minimum absolute atomic E-state index is 0.406. The van der Waals surface area contributed by atoms with Crippen LogP contribution in [0.3, 0.4) is 0 Å². The number of rotatable bonds is 3. The first-order valence-electron chi connectivity index (χ1n) is 4.08. The van der Waals surface area contributed by atoms with E-state index in [9.17, 15) is 9.59 Å². The molecule has 0 aromatic heterocycles. The molecule has 0 radical (unpaired) electrons. The molecular formula is C11H10O3. The number of ether oxygens (including phenoxy) is 1. The van der Waals surface area contributed by atoms with Crippen molar-refractivity contribution < 1.29 is 14.3 Å². The highest BCUT2D eigenvalue weighted by Crippen LogP contribution is 2.11. The van der Waals surface area contributed by atoms with Gasteiger partial charge in [-0.15, -0.1) is 0 Å². The molecule has 0 spiro atoms. The number of benzene rings is 1. The van der Waals surface area contributed by atoms with Crippen molar-refractivity contribution in [2.45, 2.75) is 0 Å². The van der Waals surface area contributed by atoms with Crippen molar-refractivity contribution in [3.05, 3.63) is 41.5 Å². The molecular weight excluding hydrogens is 180 g/mol. The minimum Gasteiger partial charge on any atom is -0.465 e. The molecule has 0 bridgehead atoms. The normalized spacial score (nSPS) is 10.1. The predicted octanol–water partition coefficient (Wildman–Crippen LogP) is 1.69. The number of hydrogen-bond acceptors (Lipinski definition) is 3. The molecule has 1 rings (SSSR count). The highest BCUT2D eigenvalue weighted by Gasteiger charge is 2.07. The smallest absolute Gasteiger partial charge is 0.338 e. The van der Waals surface area contributed by atoms with Crippen molar-refractivity contribution >= 4 is 18.3 Å². The van der Waals surface area contributed by atoms with Crippen LogP contribution in [-0.2, 0) is 9.53 Å². The lowest BCUT2D eigenvalue weighted by atomic mass is 10.1. The Morgan fingerprint density at radius 3 is 2.71 bits per heavy atom. The van der Waals surface area contributed by atoms with Crippen LogP contribution in [0.2, 0.25) is 0 Å². The van der Waals surface area contributed by atoms with Crippen LogP contribution in [0.1, 0.15) is 15.9 Å². The van der Waals surface area contributed by atoms with Crippen LogP contribution in [-0.4, -0.2) is 19.4 Å². The lowest BCUT2D eigenvalue weighted by Crippen LogP contribution is -2.03. The van der Waals surface area contributed by atoms with Crippen molar-refractivity contribution in [3.63, 3.8) is 0 Å². The van der Waals surface area contributed by atoms with Gasteiger partial charge in [-0.05, 0) is 17.7 Å². The molecule has 3 nitrogen and oxygen atoms in total. The summed E-state index contributed by atoms with van der Waals surface area (Å²) in [6.45, 7) is 0. The Kier molecular flexibility index (Phi) is 3.61. The molecule has 1 aromatic rings. The van der Waals surface area contributed by atoms with Crippen LogP contribution in [0.25, 0.3) is 6.08 Å². The van der Waals surface area contributed by atoms with Gasteiger partial charge < -0.3 is 4.74 Å². The van der Waals surface area contributed by atoms with Gasteiger partial charge in [0.1, 0.15) is 6.29 Å². The maximum atomic E-state index is 11.3. The summed E-state index contributed by atoms with van der Waals surface area (Å²) in [6.07, 6.45) is 3.56. The summed E-state index contributed by atoms with van der Waals surface area (Å²) in [6, 6.07) is 6.92. The Hall–Kier alpha value is -1.90. The molecule has 0 atom stereocenters. The Morgan fingerprint density at radius 2 is 2.07 bits per heavy atom. The first kappa shape index (κ1) is 10.2. The van der Waals surface area contributed by atoms with E-state index in [4.69, 9.17) is 0 Å². The average Bonchev–Trinajstić information content (AvgIpc) is 2.25. The van der Waals surface area contributed by atoms with Crippen LogP contribution in [0.4, 0.5) is 0 Å². The zero-order chi connectivity index (χ0) is 10.4. The minimum atomic E-state index is -0.406. The fourth-order valence-electron chi connectivity index (χ4n) is 1.08. The molecule has 0 amide bonds. The molecule has 14 heavy (non-hydrogen) atoms. The number of esters is 1. The fourth-order valence-corrected chi connectivity index (χ4v) is 1.08. The van der Waals surface area contributed by atoms with Crippen molar-refractivity contribution in [1.29, 1.82) is 0 Å². The Labute approximate surface area is 82.0 Å². The van der Waals surface area contributed by atoms with Crippen LogP contribution < -0.4 is 0 Å². The number of allylic oxidation sites excluding steroid dienone is 1. The highest BCUT2D eigenvalue weighted by atomic mass is 16.5. The van der Waals surface area contributed by atoms with Crippen molar-refractivity contribution in [3.8, 4) is 0 Å². The fraction of sp³-hybridized carbons (Fsp3) is 0.0909. The van der Waals surface area contributed by atoms with E-state index < -0.39 is 5.97 Å². The van der Waals surface area contributed by atoms with E-state index >= 15 is 0 Å². The Morgan fingerprint density at radius 1 is 1.36 bits per heavy atom. The second-order valence-corrected chi connectivity index (χ2v) is 2.57. The quantitative estimate of drug-likeness (QED) is 0.414. The second kappa shape index (κ2) is 4.97. The number of carbonyl (C=O) groups is 2. The van der Waals surface area contributed by atoms with Gasteiger partial charge in [0, 0.05) is 0 Å². The zero-order valence-electron chi connectivity index (χ0n) is 7.77. The molecule has 0 unspecified atom stereocenters. The van der Waals surface area contributed by atoms with Gasteiger partial charge in [-0.25, -0.2) is 4.79 Å². The van der Waals surface area contributed by atoms with Gasteiger partial charge in [0.2, 0.25) is 0 Å². The maximum Gasteiger partial charge on any atom is 0.338 e. The van der Waals surface area contributed by atoms with Gasteiger partial charge in [-0.3, -0.25) is 4.79 Å². The third kappa shape index (κ3) is 2.29. The van der Waals surface area contributed by atoms with E-state index in [1.54, 1.807) is 30.3 Å². The zero-order valence-corrected chi connectivity index (χ0v) is 7.77. The Balaban J connectivity index is 3.08. The molecule has 72 valence electrons. The monoisotopic (exact) mass is 190 g/mol. The van der Waals surface area contributed by atoms with Crippen LogP contribution in [0, 0.1) is 0 Å². The van der Waals surface area contributed by atoms with Crippen LogP contribution in [0.5, 0.6) is 0 Å². The standard InChI is InChI=1S/C11H10O3/c1-14-11(13)10-7-3-2-5-9(10)6-4-8-12/h2-8H,1H3/b6-4+. The molecule has 0 saturated heterocycles. The molecule has 0 aliphatic rings. The second-order valence-electron chi connectivity index (χ2n) is 2.57. The van der Waals surface area contributed by atoms with Gasteiger partial charge in [0.15, 0.2) is 0 Å². The summed E-state index contributed by atoms with van der Waals surface area (Å²) >= 11 is 0. The molecule has 3 heteroatoms. The lowest BCUT2D eigenvalue weighted by molar-refractivity contribution is -0.104. The van der Waals surface area contributed by atoms with Gasteiger partial charge in [-0.2, -0.15) is 0 Å². The summed E-state index contributed by atoms with van der Waals surface area (Å²) in [5, 5.41) is 0. The number of hydrogen-bond donors (Lipinski definition) is 0. The highest BCUT2D eigenvalue weighted by molar-refractivity contribution is 5.94. The van der Waals surface area contributed by atoms with Crippen molar-refractivity contribution in [2.24, 2.45) is 0 Å². The third-order valence-electron chi connectivity index (χ3n) is 1.72. The molecule has 0 N–H and O–H groups in total. The van der Waals surface area contributed by atoms with Crippen molar-refractivity contribution in [2.75, 3.05) is 7.11 Å². The van der Waals surface area contributed by atoms with Gasteiger partial charge in [-0.1, -0.05) is 24.3 Å². The molecule has 0 aliphatic heterocycles. The van der Waals surface area contributed by atoms with Gasteiger partial charge in [0.25, 0.3) is 0 Å². The molecule has 0 aliphatic carbocycles. The van der Waals surface area contributed by atoms with E-state index in [1.807, 2.05) is 0 Å². The molecule has 0 saturated carbocycles. The van der Waals surface area contributed by atoms with E-state index in [0.29, 0.717) is 17.4 Å². The van der Waals surface area contributed by atoms with E-state index in [0.717, 1.165) is 0 Å². The predicted molar refractivity (Wildman–Crippen MR) is 52.9 cm³/mol. The number of aldehydes is 1. The average molecular weight is 190 g/mol. The summed E-state index contributed by atoms with van der Waals surface area (Å²) in [4.78, 5) is 21.4. The maximum absolute atomic E-state index is 11.3. The van der Waals surface area contributed by atoms with Crippen molar-refractivity contribution in [1.82, 2.24) is 0 Å². The SMILES string of the molecule is COC(=O)c1ccccc1/C=C/C=O. The summed E-state index contributed by atoms with van der Waals surface area (Å²) in [7, 11) is 1.32. The molecule has 0 fully saturated rings. The van der Waals surface area contributed by atoms with E-state index in [2.05, 4.69) is 4.74 Å². The summed E-state index contributed by atoms with van der Waals surface area (Å²) < 4.78 is 4.60. The van der Waals surface area contributed by atoms with E-state index in [-0.39, 0.29) is 0 Å². The van der Waals surface area contributed by atoms with Gasteiger partial charge in [0.05, 0.1) is 12.7 Å². The van der Waals surface area contributed by atoms with E-state index in [1.165, 1.54) is 13.2 Å². The van der Waals surface area contributed by atoms with Crippen LogP contribution >= 0.6 is 0 Å². The first-order valence-corrected chi connectivity index (χ1v) is 4.08. The molecule has 1 aromatic carbocycles. The topological polar surface area (TPSA) is 43.4 Å². The summed E-state index contributed by atoms with van der Waals surface area (Å²) in [5.41, 5.74) is 1.12. The Bertz CT molecular complexity index is 367. The number of methoxy groups -OCH3 is 1. The largest absolute Gasteiger partial charge is 0.465 e.